The van der Waals surface area contributed by atoms with E-state index in [0.29, 0.717) is 17.7 Å². The molecule has 0 saturated heterocycles. The minimum Gasteiger partial charge on any atom is -0.481 e. The van der Waals surface area contributed by atoms with Crippen LogP contribution in [-0.2, 0) is 9.53 Å². The molecular formula is C27H25IN2O5. The predicted octanol–water partition coefficient (Wildman–Crippen LogP) is 5.64. The number of amides is 2. The van der Waals surface area contributed by atoms with E-state index in [-0.39, 0.29) is 18.9 Å². The fourth-order valence-electron chi connectivity index (χ4n) is 4.32. The van der Waals surface area contributed by atoms with Crippen molar-refractivity contribution >= 4 is 46.2 Å². The largest absolute Gasteiger partial charge is 0.481 e. The summed E-state index contributed by atoms with van der Waals surface area (Å²) in [5, 5.41) is 14.5. The number of rotatable bonds is 8. The van der Waals surface area contributed by atoms with Gasteiger partial charge in [-0.05, 0) is 69.5 Å². The monoisotopic (exact) mass is 584 g/mol. The van der Waals surface area contributed by atoms with Crippen molar-refractivity contribution in [3.05, 3.63) is 87.0 Å². The van der Waals surface area contributed by atoms with E-state index >= 15 is 0 Å². The van der Waals surface area contributed by atoms with Crippen LogP contribution in [0, 0.1) is 3.57 Å². The molecule has 1 aliphatic rings. The average Bonchev–Trinajstić information content (AvgIpc) is 3.15. The van der Waals surface area contributed by atoms with Crippen molar-refractivity contribution in [3.8, 4) is 11.1 Å². The van der Waals surface area contributed by atoms with Gasteiger partial charge in [0.25, 0.3) is 5.91 Å². The number of halogens is 1. The summed E-state index contributed by atoms with van der Waals surface area (Å²) in [5.41, 5.74) is 5.31. The Labute approximate surface area is 217 Å². The van der Waals surface area contributed by atoms with E-state index < -0.39 is 24.0 Å². The van der Waals surface area contributed by atoms with Gasteiger partial charge in [-0.3, -0.25) is 14.9 Å². The lowest BCUT2D eigenvalue weighted by molar-refractivity contribution is -0.137. The summed E-state index contributed by atoms with van der Waals surface area (Å²) >= 11 is 2.06. The van der Waals surface area contributed by atoms with E-state index in [1.807, 2.05) is 31.2 Å². The summed E-state index contributed by atoms with van der Waals surface area (Å²) in [6.07, 6.45) is -0.276. The summed E-state index contributed by atoms with van der Waals surface area (Å²) in [4.78, 5) is 36.3. The Balaban J connectivity index is 1.42. The van der Waals surface area contributed by atoms with Gasteiger partial charge in [0.15, 0.2) is 0 Å². The maximum absolute atomic E-state index is 12.7. The first-order valence-electron chi connectivity index (χ1n) is 11.3. The molecule has 8 heteroatoms. The molecule has 3 aromatic rings. The van der Waals surface area contributed by atoms with Crippen LogP contribution in [0.5, 0.6) is 0 Å². The molecule has 0 spiro atoms. The van der Waals surface area contributed by atoms with E-state index in [2.05, 4.69) is 57.5 Å². The van der Waals surface area contributed by atoms with Crippen LogP contribution in [0.3, 0.4) is 0 Å². The van der Waals surface area contributed by atoms with Crippen molar-refractivity contribution < 1.29 is 24.2 Å². The topological polar surface area (TPSA) is 105 Å². The van der Waals surface area contributed by atoms with Crippen molar-refractivity contribution in [1.29, 1.82) is 0 Å². The van der Waals surface area contributed by atoms with Crippen molar-refractivity contribution in [2.24, 2.45) is 0 Å². The second-order valence-corrected chi connectivity index (χ2v) is 9.60. The maximum atomic E-state index is 12.7. The molecule has 0 aliphatic heterocycles. The van der Waals surface area contributed by atoms with Crippen molar-refractivity contribution in [1.82, 2.24) is 5.32 Å². The van der Waals surface area contributed by atoms with Gasteiger partial charge in [0.1, 0.15) is 6.61 Å². The number of fused-ring (bicyclic) bond motifs is 3. The standard InChI is InChI=1S/C27H25IN2O5/c1-2-18(14-25(31)32)29-26(33)16-11-17(28)13-19(12-16)30-27(34)35-15-24-22-9-5-3-7-20(22)21-8-4-6-10-23(21)24/h3-13,18,24H,2,14-15H2,1H3,(H,29,33)(H,30,34)(H,31,32)/t18-/m0/s1. The lowest BCUT2D eigenvalue weighted by Crippen LogP contribution is -2.36. The number of anilines is 1. The Morgan fingerprint density at radius 1 is 1.00 bits per heavy atom. The van der Waals surface area contributed by atoms with Gasteiger partial charge in [0, 0.05) is 26.8 Å². The number of benzene rings is 3. The van der Waals surface area contributed by atoms with Gasteiger partial charge in [-0.15, -0.1) is 0 Å². The molecule has 1 aliphatic carbocycles. The number of hydrogen-bond donors (Lipinski definition) is 3. The third-order valence-corrected chi connectivity index (χ3v) is 6.62. The summed E-state index contributed by atoms with van der Waals surface area (Å²) in [5.74, 6) is -1.42. The van der Waals surface area contributed by atoms with E-state index in [1.165, 1.54) is 0 Å². The molecule has 0 fully saturated rings. The Kier molecular flexibility index (Phi) is 7.70. The molecular weight excluding hydrogens is 559 g/mol. The third kappa shape index (κ3) is 5.82. The van der Waals surface area contributed by atoms with Gasteiger partial charge >= 0.3 is 12.1 Å². The van der Waals surface area contributed by atoms with Gasteiger partial charge in [-0.25, -0.2) is 4.79 Å². The molecule has 4 rings (SSSR count). The molecule has 1 atom stereocenters. The van der Waals surface area contributed by atoms with Crippen LogP contribution in [0.15, 0.2) is 66.7 Å². The highest BCUT2D eigenvalue weighted by Crippen LogP contribution is 2.44. The zero-order valence-corrected chi connectivity index (χ0v) is 21.2. The van der Waals surface area contributed by atoms with E-state index in [1.54, 1.807) is 18.2 Å². The van der Waals surface area contributed by atoms with Crippen LogP contribution in [0.1, 0.15) is 47.2 Å². The molecule has 35 heavy (non-hydrogen) atoms. The lowest BCUT2D eigenvalue weighted by Gasteiger charge is -2.16. The summed E-state index contributed by atoms with van der Waals surface area (Å²) in [6, 6.07) is 20.7. The van der Waals surface area contributed by atoms with Crippen LogP contribution < -0.4 is 10.6 Å². The first kappa shape index (κ1) is 24.7. The van der Waals surface area contributed by atoms with Gasteiger partial charge in [0.2, 0.25) is 0 Å². The van der Waals surface area contributed by atoms with Crippen LogP contribution in [-0.4, -0.2) is 35.7 Å². The number of carbonyl (C=O) groups excluding carboxylic acids is 2. The molecule has 0 unspecified atom stereocenters. The molecule has 3 aromatic carbocycles. The molecule has 7 nitrogen and oxygen atoms in total. The van der Waals surface area contributed by atoms with Crippen LogP contribution in [0.2, 0.25) is 0 Å². The minimum absolute atomic E-state index is 0.0504. The van der Waals surface area contributed by atoms with E-state index in [4.69, 9.17) is 9.84 Å². The summed E-state index contributed by atoms with van der Waals surface area (Å²) in [7, 11) is 0. The quantitative estimate of drug-likeness (QED) is 0.298. The van der Waals surface area contributed by atoms with E-state index in [9.17, 15) is 14.4 Å². The molecule has 2 amide bonds. The molecule has 180 valence electrons. The van der Waals surface area contributed by atoms with Crippen LogP contribution in [0.25, 0.3) is 11.1 Å². The smallest absolute Gasteiger partial charge is 0.411 e. The average molecular weight is 584 g/mol. The van der Waals surface area contributed by atoms with Crippen LogP contribution >= 0.6 is 22.6 Å². The zero-order valence-electron chi connectivity index (χ0n) is 19.1. The van der Waals surface area contributed by atoms with Gasteiger partial charge < -0.3 is 15.2 Å². The molecule has 3 N–H and O–H groups in total. The third-order valence-electron chi connectivity index (χ3n) is 6.00. The van der Waals surface area contributed by atoms with Gasteiger partial charge in [0.05, 0.1) is 6.42 Å². The zero-order chi connectivity index (χ0) is 24.9. The van der Waals surface area contributed by atoms with E-state index in [0.717, 1.165) is 25.8 Å². The number of carbonyl (C=O) groups is 3. The molecule has 0 aromatic heterocycles. The predicted molar refractivity (Wildman–Crippen MR) is 142 cm³/mol. The fourth-order valence-corrected chi connectivity index (χ4v) is 4.99. The normalized spacial score (nSPS) is 12.9. The first-order chi connectivity index (χ1) is 16.9. The van der Waals surface area contributed by atoms with Crippen molar-refractivity contribution in [3.63, 3.8) is 0 Å². The van der Waals surface area contributed by atoms with Gasteiger partial charge in [-0.2, -0.15) is 0 Å². The summed E-state index contributed by atoms with van der Waals surface area (Å²) < 4.78 is 6.34. The van der Waals surface area contributed by atoms with Crippen molar-refractivity contribution in [2.45, 2.75) is 31.7 Å². The maximum Gasteiger partial charge on any atom is 0.411 e. The number of carboxylic acid groups (broad SMARTS) is 1. The highest BCUT2D eigenvalue weighted by molar-refractivity contribution is 14.1. The van der Waals surface area contributed by atoms with Gasteiger partial charge in [-0.1, -0.05) is 55.5 Å². The molecule has 0 radical (unpaired) electrons. The molecule has 0 saturated carbocycles. The first-order valence-corrected chi connectivity index (χ1v) is 12.4. The summed E-state index contributed by atoms with van der Waals surface area (Å²) in [6.45, 7) is 2.00. The molecule has 0 bridgehead atoms. The highest BCUT2D eigenvalue weighted by Gasteiger charge is 2.29. The lowest BCUT2D eigenvalue weighted by atomic mass is 9.98. The Bertz CT molecular complexity index is 1230. The molecule has 0 heterocycles. The Morgan fingerprint density at radius 3 is 2.23 bits per heavy atom. The number of aliphatic carboxylic acids is 1. The second kappa shape index (κ2) is 10.9. The minimum atomic E-state index is -0.975. The number of ether oxygens (including phenoxy) is 1. The SMILES string of the molecule is CC[C@@H](CC(=O)O)NC(=O)c1cc(I)cc(NC(=O)OCC2c3ccccc3-c3ccccc32)c1. The van der Waals surface area contributed by atoms with Crippen molar-refractivity contribution in [2.75, 3.05) is 11.9 Å². The highest BCUT2D eigenvalue weighted by atomic mass is 127. The number of carboxylic acids is 1. The Morgan fingerprint density at radius 2 is 1.63 bits per heavy atom. The fraction of sp³-hybridized carbons (Fsp3) is 0.222. The van der Waals surface area contributed by atoms with Crippen LogP contribution in [0.4, 0.5) is 10.5 Å². The second-order valence-electron chi connectivity index (χ2n) is 8.36. The Hall–Kier alpha value is -3.40. The number of hydrogen-bond acceptors (Lipinski definition) is 4. The number of nitrogens with one attached hydrogen (secondary N) is 2.